The van der Waals surface area contributed by atoms with Crippen molar-refractivity contribution < 1.29 is 0 Å². The third-order valence-corrected chi connectivity index (χ3v) is 2.83. The maximum Gasteiger partial charge on any atom is 0.120 e. The van der Waals surface area contributed by atoms with E-state index in [0.29, 0.717) is 0 Å². The number of amidine groups is 1. The van der Waals surface area contributed by atoms with Gasteiger partial charge in [0, 0.05) is 5.56 Å². The molecule has 2 rings (SSSR count). The Morgan fingerprint density at radius 3 is 2.41 bits per heavy atom. The molecule has 0 unspecified atom stereocenters. The first-order valence-electron chi connectivity index (χ1n) is 6.40. The minimum atomic E-state index is 0.738. The zero-order chi connectivity index (χ0) is 12.8. The molecule has 1 aliphatic rings. The number of hydrogen-bond donors (Lipinski definition) is 0. The SMILES string of the molecule is CC.CCc1c(C)cccc1C1=NC(C)=NC1. The van der Waals surface area contributed by atoms with E-state index in [4.69, 9.17) is 0 Å². The number of aliphatic imine (C=N–C) groups is 2. The van der Waals surface area contributed by atoms with Crippen molar-refractivity contribution in [3.8, 4) is 0 Å². The second-order valence-electron chi connectivity index (χ2n) is 3.88. The van der Waals surface area contributed by atoms with Crippen molar-refractivity contribution in [2.45, 2.75) is 41.0 Å². The predicted molar refractivity (Wildman–Crippen MR) is 76.4 cm³/mol. The number of benzene rings is 1. The van der Waals surface area contributed by atoms with E-state index in [1.54, 1.807) is 0 Å². The van der Waals surface area contributed by atoms with Crippen LogP contribution in [0.2, 0.25) is 0 Å². The highest BCUT2D eigenvalue weighted by atomic mass is 15.0. The highest BCUT2D eigenvalue weighted by Gasteiger charge is 2.13. The average Bonchev–Trinajstić information content (AvgIpc) is 2.78. The van der Waals surface area contributed by atoms with Gasteiger partial charge in [-0.1, -0.05) is 39.0 Å². The summed E-state index contributed by atoms with van der Waals surface area (Å²) >= 11 is 0. The third kappa shape index (κ3) is 3.02. The molecule has 0 N–H and O–H groups in total. The van der Waals surface area contributed by atoms with Gasteiger partial charge in [0.25, 0.3) is 0 Å². The lowest BCUT2D eigenvalue weighted by atomic mass is 9.96. The van der Waals surface area contributed by atoms with Gasteiger partial charge >= 0.3 is 0 Å². The van der Waals surface area contributed by atoms with E-state index in [9.17, 15) is 0 Å². The van der Waals surface area contributed by atoms with Crippen molar-refractivity contribution in [3.05, 3.63) is 34.9 Å². The molecule has 0 aromatic heterocycles. The average molecular weight is 230 g/mol. The van der Waals surface area contributed by atoms with E-state index in [2.05, 4.69) is 42.0 Å². The summed E-state index contributed by atoms with van der Waals surface area (Å²) < 4.78 is 0. The van der Waals surface area contributed by atoms with Crippen LogP contribution >= 0.6 is 0 Å². The lowest BCUT2D eigenvalue weighted by Gasteiger charge is -2.09. The lowest BCUT2D eigenvalue weighted by Crippen LogP contribution is -2.07. The molecule has 17 heavy (non-hydrogen) atoms. The summed E-state index contributed by atoms with van der Waals surface area (Å²) in [5, 5.41) is 0. The van der Waals surface area contributed by atoms with E-state index in [-0.39, 0.29) is 0 Å². The van der Waals surface area contributed by atoms with Crippen LogP contribution in [0.15, 0.2) is 28.2 Å². The summed E-state index contributed by atoms with van der Waals surface area (Å²) in [5.41, 5.74) is 5.15. The van der Waals surface area contributed by atoms with Gasteiger partial charge < -0.3 is 0 Å². The number of rotatable bonds is 2. The first-order chi connectivity index (χ1) is 8.22. The number of hydrogen-bond acceptors (Lipinski definition) is 2. The fourth-order valence-electron chi connectivity index (χ4n) is 2.04. The predicted octanol–water partition coefficient (Wildman–Crippen LogP) is 3.80. The second kappa shape index (κ2) is 6.33. The van der Waals surface area contributed by atoms with E-state index in [1.807, 2.05) is 20.8 Å². The molecule has 1 aromatic rings. The molecule has 0 aliphatic carbocycles. The van der Waals surface area contributed by atoms with Crippen LogP contribution in [0.25, 0.3) is 0 Å². The highest BCUT2D eigenvalue weighted by molar-refractivity contribution is 6.12. The van der Waals surface area contributed by atoms with Gasteiger partial charge in [0.15, 0.2) is 0 Å². The minimum absolute atomic E-state index is 0.738. The van der Waals surface area contributed by atoms with Crippen LogP contribution in [-0.4, -0.2) is 18.1 Å². The molecule has 0 amide bonds. The van der Waals surface area contributed by atoms with E-state index < -0.39 is 0 Å². The number of nitrogens with zero attached hydrogens (tertiary/aromatic N) is 2. The molecular weight excluding hydrogens is 208 g/mol. The summed E-state index contributed by atoms with van der Waals surface area (Å²) in [6.45, 7) is 11.0. The molecule has 0 fully saturated rings. The fourth-order valence-corrected chi connectivity index (χ4v) is 2.04. The van der Waals surface area contributed by atoms with Crippen molar-refractivity contribution in [1.29, 1.82) is 0 Å². The van der Waals surface area contributed by atoms with E-state index >= 15 is 0 Å². The second-order valence-corrected chi connectivity index (χ2v) is 3.88. The molecule has 0 spiro atoms. The van der Waals surface area contributed by atoms with Crippen LogP contribution in [0.4, 0.5) is 0 Å². The number of aryl methyl sites for hydroxylation is 1. The topological polar surface area (TPSA) is 24.7 Å². The summed E-state index contributed by atoms with van der Waals surface area (Å²) in [6, 6.07) is 6.41. The largest absolute Gasteiger partial charge is 0.264 e. The molecule has 2 heteroatoms. The molecule has 1 aliphatic heterocycles. The Balaban J connectivity index is 0.000000686. The molecule has 1 heterocycles. The zero-order valence-electron chi connectivity index (χ0n) is 11.5. The molecular formula is C15H22N2. The molecule has 0 saturated heterocycles. The van der Waals surface area contributed by atoms with Gasteiger partial charge in [-0.05, 0) is 31.4 Å². The van der Waals surface area contributed by atoms with E-state index in [1.165, 1.54) is 16.7 Å². The summed E-state index contributed by atoms with van der Waals surface area (Å²) in [7, 11) is 0. The Morgan fingerprint density at radius 2 is 1.88 bits per heavy atom. The van der Waals surface area contributed by atoms with Crippen molar-refractivity contribution in [2.24, 2.45) is 9.98 Å². The fraction of sp³-hybridized carbons (Fsp3) is 0.467. The van der Waals surface area contributed by atoms with Gasteiger partial charge in [-0.15, -0.1) is 0 Å². The molecule has 0 saturated carbocycles. The highest BCUT2D eigenvalue weighted by Crippen LogP contribution is 2.17. The monoisotopic (exact) mass is 230 g/mol. The maximum absolute atomic E-state index is 4.48. The molecule has 0 bridgehead atoms. The Hall–Kier alpha value is -1.44. The van der Waals surface area contributed by atoms with Crippen molar-refractivity contribution in [3.63, 3.8) is 0 Å². The van der Waals surface area contributed by atoms with Gasteiger partial charge in [-0.3, -0.25) is 4.99 Å². The standard InChI is InChI=1S/C13H16N2.C2H6/c1-4-11-9(2)6-5-7-12(11)13-8-14-10(3)15-13;1-2/h5-7H,4,8H2,1-3H3;1-2H3. The summed E-state index contributed by atoms with van der Waals surface area (Å²) in [6.07, 6.45) is 1.06. The zero-order valence-corrected chi connectivity index (χ0v) is 11.5. The molecule has 0 atom stereocenters. The Morgan fingerprint density at radius 1 is 1.18 bits per heavy atom. The van der Waals surface area contributed by atoms with Crippen LogP contribution in [0.1, 0.15) is 44.4 Å². The Labute approximate surface area is 105 Å². The van der Waals surface area contributed by atoms with Gasteiger partial charge in [0.1, 0.15) is 5.84 Å². The van der Waals surface area contributed by atoms with Crippen LogP contribution in [0, 0.1) is 6.92 Å². The first kappa shape index (κ1) is 13.6. The molecule has 2 nitrogen and oxygen atoms in total. The van der Waals surface area contributed by atoms with Gasteiger partial charge in [0.05, 0.1) is 12.3 Å². The van der Waals surface area contributed by atoms with Crippen LogP contribution in [-0.2, 0) is 6.42 Å². The smallest absolute Gasteiger partial charge is 0.120 e. The van der Waals surface area contributed by atoms with Gasteiger partial charge in [-0.2, -0.15) is 0 Å². The Bertz CT molecular complexity index is 442. The van der Waals surface area contributed by atoms with E-state index in [0.717, 1.165) is 24.5 Å². The van der Waals surface area contributed by atoms with Crippen LogP contribution < -0.4 is 0 Å². The van der Waals surface area contributed by atoms with Crippen molar-refractivity contribution in [1.82, 2.24) is 0 Å². The van der Waals surface area contributed by atoms with Crippen LogP contribution in [0.3, 0.4) is 0 Å². The first-order valence-corrected chi connectivity index (χ1v) is 6.40. The van der Waals surface area contributed by atoms with Crippen molar-refractivity contribution in [2.75, 3.05) is 6.54 Å². The molecule has 1 aromatic carbocycles. The third-order valence-electron chi connectivity index (χ3n) is 2.83. The van der Waals surface area contributed by atoms with Gasteiger partial charge in [0.2, 0.25) is 0 Å². The summed E-state index contributed by atoms with van der Waals surface area (Å²) in [5.74, 6) is 0.897. The Kier molecular flexibility index (Phi) is 5.08. The quantitative estimate of drug-likeness (QED) is 0.738. The molecule has 92 valence electrons. The molecule has 0 radical (unpaired) electrons. The normalized spacial score (nSPS) is 13.7. The minimum Gasteiger partial charge on any atom is -0.264 e. The summed E-state index contributed by atoms with van der Waals surface area (Å²) in [4.78, 5) is 8.79. The lowest BCUT2D eigenvalue weighted by molar-refractivity contribution is 1.10. The van der Waals surface area contributed by atoms with Crippen LogP contribution in [0.5, 0.6) is 0 Å². The van der Waals surface area contributed by atoms with Crippen molar-refractivity contribution >= 4 is 11.5 Å². The van der Waals surface area contributed by atoms with Gasteiger partial charge in [-0.25, -0.2) is 4.99 Å². The maximum atomic E-state index is 4.48.